The summed E-state index contributed by atoms with van der Waals surface area (Å²) in [5.41, 5.74) is 0.0912. The zero-order valence-corrected chi connectivity index (χ0v) is 9.54. The van der Waals surface area contributed by atoms with Gasteiger partial charge in [0.2, 0.25) is 5.91 Å². The van der Waals surface area contributed by atoms with Crippen molar-refractivity contribution in [1.82, 2.24) is 5.32 Å². The Morgan fingerprint density at radius 3 is 2.47 bits per heavy atom. The van der Waals surface area contributed by atoms with E-state index in [4.69, 9.17) is 5.11 Å². The highest BCUT2D eigenvalue weighted by atomic mass is 16.4. The Morgan fingerprint density at radius 2 is 2.07 bits per heavy atom. The molecule has 4 nitrogen and oxygen atoms in total. The molecule has 1 aliphatic carbocycles. The van der Waals surface area contributed by atoms with E-state index in [1.54, 1.807) is 0 Å². The first-order valence-corrected chi connectivity index (χ1v) is 5.38. The molecule has 4 heteroatoms. The van der Waals surface area contributed by atoms with E-state index in [0.29, 0.717) is 0 Å². The Morgan fingerprint density at radius 1 is 1.47 bits per heavy atom. The van der Waals surface area contributed by atoms with Gasteiger partial charge in [0.1, 0.15) is 5.92 Å². The van der Waals surface area contributed by atoms with Crippen molar-refractivity contribution in [2.24, 2.45) is 11.3 Å². The first-order valence-electron chi connectivity index (χ1n) is 5.38. The van der Waals surface area contributed by atoms with Crippen LogP contribution in [0.3, 0.4) is 0 Å². The van der Waals surface area contributed by atoms with Crippen molar-refractivity contribution in [3.63, 3.8) is 0 Å². The summed E-state index contributed by atoms with van der Waals surface area (Å²) in [7, 11) is 0. The van der Waals surface area contributed by atoms with Gasteiger partial charge in [0.05, 0.1) is 0 Å². The Balaban J connectivity index is 2.55. The Kier molecular flexibility index (Phi) is 3.37. The molecule has 0 aromatic carbocycles. The second kappa shape index (κ2) is 4.21. The lowest BCUT2D eigenvalue weighted by Crippen LogP contribution is -2.45. The van der Waals surface area contributed by atoms with Crippen LogP contribution in [0.5, 0.6) is 0 Å². The number of carboxylic acids is 1. The normalized spacial score (nSPS) is 25.9. The van der Waals surface area contributed by atoms with Gasteiger partial charge < -0.3 is 10.4 Å². The number of amides is 1. The molecule has 0 aliphatic heterocycles. The number of rotatable bonds is 3. The molecule has 15 heavy (non-hydrogen) atoms. The van der Waals surface area contributed by atoms with Gasteiger partial charge in [-0.3, -0.25) is 9.59 Å². The van der Waals surface area contributed by atoms with Gasteiger partial charge >= 0.3 is 5.97 Å². The summed E-state index contributed by atoms with van der Waals surface area (Å²) in [6, 6.07) is 0.117. The second-order valence-electron chi connectivity index (χ2n) is 5.00. The monoisotopic (exact) mass is 213 g/mol. The van der Waals surface area contributed by atoms with Crippen molar-refractivity contribution in [1.29, 1.82) is 0 Å². The lowest BCUT2D eigenvalue weighted by Gasteiger charge is -2.28. The minimum Gasteiger partial charge on any atom is -0.481 e. The predicted molar refractivity (Wildman–Crippen MR) is 56.4 cm³/mol. The number of hydrogen-bond donors (Lipinski definition) is 2. The van der Waals surface area contributed by atoms with Crippen LogP contribution in [0.15, 0.2) is 0 Å². The van der Waals surface area contributed by atoms with Crippen molar-refractivity contribution in [2.45, 2.75) is 46.1 Å². The summed E-state index contributed by atoms with van der Waals surface area (Å²) in [5.74, 6) is -2.40. The van der Waals surface area contributed by atoms with Crippen LogP contribution in [0, 0.1) is 11.3 Å². The number of carboxylic acid groups (broad SMARTS) is 1. The van der Waals surface area contributed by atoms with Gasteiger partial charge in [0.15, 0.2) is 0 Å². The number of nitrogens with one attached hydrogen (secondary N) is 1. The maximum absolute atomic E-state index is 11.5. The molecule has 2 unspecified atom stereocenters. The third kappa shape index (κ3) is 2.70. The van der Waals surface area contributed by atoms with Crippen molar-refractivity contribution < 1.29 is 14.7 Å². The molecule has 0 saturated heterocycles. The van der Waals surface area contributed by atoms with E-state index in [-0.39, 0.29) is 17.4 Å². The molecule has 0 spiro atoms. The van der Waals surface area contributed by atoms with Crippen LogP contribution in [0.2, 0.25) is 0 Å². The van der Waals surface area contributed by atoms with E-state index < -0.39 is 11.9 Å². The van der Waals surface area contributed by atoms with Gasteiger partial charge in [-0.15, -0.1) is 0 Å². The lowest BCUT2D eigenvalue weighted by molar-refractivity contribution is -0.146. The number of aliphatic carboxylic acids is 1. The molecule has 1 amide bonds. The van der Waals surface area contributed by atoms with Gasteiger partial charge in [0, 0.05) is 6.04 Å². The van der Waals surface area contributed by atoms with Crippen molar-refractivity contribution in [3.05, 3.63) is 0 Å². The second-order valence-corrected chi connectivity index (χ2v) is 5.00. The van der Waals surface area contributed by atoms with E-state index in [2.05, 4.69) is 19.2 Å². The highest BCUT2D eigenvalue weighted by Gasteiger charge is 2.36. The van der Waals surface area contributed by atoms with Crippen LogP contribution in [-0.4, -0.2) is 23.0 Å². The van der Waals surface area contributed by atoms with Gasteiger partial charge in [-0.05, 0) is 25.2 Å². The van der Waals surface area contributed by atoms with Crippen LogP contribution < -0.4 is 5.32 Å². The van der Waals surface area contributed by atoms with Crippen molar-refractivity contribution in [2.75, 3.05) is 0 Å². The average molecular weight is 213 g/mol. The molecule has 0 heterocycles. The molecule has 1 fully saturated rings. The Hall–Kier alpha value is -1.06. The van der Waals surface area contributed by atoms with Gasteiger partial charge in [-0.2, -0.15) is 0 Å². The summed E-state index contributed by atoms with van der Waals surface area (Å²) >= 11 is 0. The topological polar surface area (TPSA) is 66.4 Å². The molecule has 1 aliphatic rings. The highest BCUT2D eigenvalue weighted by Crippen LogP contribution is 2.37. The lowest BCUT2D eigenvalue weighted by atomic mass is 9.87. The third-order valence-corrected chi connectivity index (χ3v) is 3.34. The van der Waals surface area contributed by atoms with Crippen LogP contribution in [0.1, 0.15) is 40.0 Å². The van der Waals surface area contributed by atoms with Crippen molar-refractivity contribution >= 4 is 11.9 Å². The third-order valence-electron chi connectivity index (χ3n) is 3.34. The number of hydrogen-bond acceptors (Lipinski definition) is 2. The largest absolute Gasteiger partial charge is 0.481 e. The molecule has 0 aromatic heterocycles. The molecule has 0 aromatic rings. The zero-order chi connectivity index (χ0) is 11.6. The van der Waals surface area contributed by atoms with Gasteiger partial charge in [-0.1, -0.05) is 20.3 Å². The minimum absolute atomic E-state index is 0.0912. The number of carbonyl (C=O) groups is 2. The fourth-order valence-corrected chi connectivity index (χ4v) is 2.00. The van der Waals surface area contributed by atoms with Gasteiger partial charge in [0.25, 0.3) is 0 Å². The SMILES string of the molecule is CC(C(=O)O)C(=O)NC1CCCC1(C)C. The number of carbonyl (C=O) groups excluding carboxylic acids is 1. The molecule has 1 saturated carbocycles. The smallest absolute Gasteiger partial charge is 0.315 e. The van der Waals surface area contributed by atoms with E-state index in [1.165, 1.54) is 6.92 Å². The standard InChI is InChI=1S/C11H19NO3/c1-7(10(14)15)9(13)12-8-5-4-6-11(8,2)3/h7-8H,4-6H2,1-3H3,(H,12,13)(H,14,15). The van der Waals surface area contributed by atoms with E-state index >= 15 is 0 Å². The molecule has 2 N–H and O–H groups in total. The fraction of sp³-hybridized carbons (Fsp3) is 0.818. The molecule has 86 valence electrons. The zero-order valence-electron chi connectivity index (χ0n) is 9.54. The Labute approximate surface area is 90.0 Å². The molecule has 2 atom stereocenters. The van der Waals surface area contributed by atoms with Crippen LogP contribution in [0.25, 0.3) is 0 Å². The van der Waals surface area contributed by atoms with Crippen molar-refractivity contribution in [3.8, 4) is 0 Å². The summed E-state index contributed by atoms with van der Waals surface area (Å²) in [4.78, 5) is 22.2. The highest BCUT2D eigenvalue weighted by molar-refractivity contribution is 5.96. The summed E-state index contributed by atoms with van der Waals surface area (Å²) in [6.07, 6.45) is 3.13. The first-order chi connectivity index (χ1) is 6.84. The van der Waals surface area contributed by atoms with Crippen LogP contribution in [0.4, 0.5) is 0 Å². The maximum Gasteiger partial charge on any atom is 0.315 e. The van der Waals surface area contributed by atoms with Gasteiger partial charge in [-0.25, -0.2) is 0 Å². The van der Waals surface area contributed by atoms with E-state index in [0.717, 1.165) is 19.3 Å². The minimum atomic E-state index is -1.07. The predicted octanol–water partition coefficient (Wildman–Crippen LogP) is 1.40. The molecular weight excluding hydrogens is 194 g/mol. The first kappa shape index (κ1) is 12.0. The molecule has 0 radical (unpaired) electrons. The van der Waals surface area contributed by atoms with E-state index in [9.17, 15) is 9.59 Å². The maximum atomic E-state index is 11.5. The Bertz CT molecular complexity index is 273. The average Bonchev–Trinajstić information content (AvgIpc) is 2.44. The summed E-state index contributed by atoms with van der Waals surface area (Å²) in [5, 5.41) is 11.5. The quantitative estimate of drug-likeness (QED) is 0.696. The molecule has 1 rings (SSSR count). The summed E-state index contributed by atoms with van der Waals surface area (Å²) in [6.45, 7) is 5.63. The van der Waals surface area contributed by atoms with E-state index in [1.807, 2.05) is 0 Å². The molecule has 0 bridgehead atoms. The van der Waals surface area contributed by atoms with Crippen LogP contribution >= 0.6 is 0 Å². The summed E-state index contributed by atoms with van der Waals surface area (Å²) < 4.78 is 0. The molecular formula is C11H19NO3. The van der Waals surface area contributed by atoms with Crippen LogP contribution in [-0.2, 0) is 9.59 Å². The fourth-order valence-electron chi connectivity index (χ4n) is 2.00.